The quantitative estimate of drug-likeness (QED) is 0.551. The molecule has 1 N–H and O–H groups in total. The van der Waals surface area contributed by atoms with Crippen LogP contribution in [0.5, 0.6) is 11.5 Å². The second-order valence-electron chi connectivity index (χ2n) is 6.37. The van der Waals surface area contributed by atoms with Crippen molar-refractivity contribution in [2.75, 3.05) is 32.6 Å². The maximum absolute atomic E-state index is 12.7. The Balaban J connectivity index is 2.11. The number of hydrogen-bond donors (Lipinski definition) is 1. The summed E-state index contributed by atoms with van der Waals surface area (Å²) in [4.78, 5) is 26.6. The summed E-state index contributed by atoms with van der Waals surface area (Å²) in [5, 5.41) is 3.51. The molecule has 6 nitrogen and oxygen atoms in total. The minimum Gasteiger partial charge on any atom is -0.497 e. The van der Waals surface area contributed by atoms with Crippen molar-refractivity contribution in [3.8, 4) is 11.5 Å². The van der Waals surface area contributed by atoms with E-state index in [1.165, 1.54) is 11.0 Å². The molecule has 0 saturated carbocycles. The van der Waals surface area contributed by atoms with Gasteiger partial charge in [0, 0.05) is 23.2 Å². The summed E-state index contributed by atoms with van der Waals surface area (Å²) >= 11 is 12.0. The molecule has 160 valence electrons. The molecule has 0 atom stereocenters. The van der Waals surface area contributed by atoms with Crippen LogP contribution >= 0.6 is 23.2 Å². The fraction of sp³-hybridized carbons (Fsp3) is 0.273. The van der Waals surface area contributed by atoms with Crippen molar-refractivity contribution in [2.45, 2.75) is 13.3 Å². The van der Waals surface area contributed by atoms with E-state index in [0.717, 1.165) is 0 Å². The number of methoxy groups -OCH3 is 2. The van der Waals surface area contributed by atoms with Crippen molar-refractivity contribution in [1.82, 2.24) is 4.90 Å². The third-order valence-corrected chi connectivity index (χ3v) is 4.75. The van der Waals surface area contributed by atoms with Crippen LogP contribution < -0.4 is 14.8 Å². The molecular weight excluding hydrogens is 427 g/mol. The molecule has 0 radical (unpaired) electrons. The molecule has 0 aromatic heterocycles. The number of ether oxygens (including phenoxy) is 2. The zero-order chi connectivity index (χ0) is 22.1. The van der Waals surface area contributed by atoms with Crippen LogP contribution in [-0.4, -0.2) is 44.0 Å². The molecule has 30 heavy (non-hydrogen) atoms. The first kappa shape index (κ1) is 23.6. The first-order valence-electron chi connectivity index (χ1n) is 9.31. The fourth-order valence-electron chi connectivity index (χ4n) is 2.73. The maximum atomic E-state index is 12.7. The lowest BCUT2D eigenvalue weighted by molar-refractivity contribution is -0.130. The first-order chi connectivity index (χ1) is 14.4. The van der Waals surface area contributed by atoms with Crippen molar-refractivity contribution >= 4 is 46.8 Å². The van der Waals surface area contributed by atoms with Crippen LogP contribution in [-0.2, 0) is 9.59 Å². The molecular formula is C22H24Cl2N2O4. The Hall–Kier alpha value is -2.70. The minimum absolute atomic E-state index is 0.116. The van der Waals surface area contributed by atoms with Crippen molar-refractivity contribution in [3.63, 3.8) is 0 Å². The van der Waals surface area contributed by atoms with Gasteiger partial charge in [-0.05, 0) is 48.9 Å². The van der Waals surface area contributed by atoms with E-state index in [0.29, 0.717) is 45.8 Å². The van der Waals surface area contributed by atoms with E-state index >= 15 is 0 Å². The van der Waals surface area contributed by atoms with E-state index < -0.39 is 0 Å². The zero-order valence-electron chi connectivity index (χ0n) is 17.1. The summed E-state index contributed by atoms with van der Waals surface area (Å²) in [5.41, 5.74) is 1.09. The Morgan fingerprint density at radius 1 is 1.10 bits per heavy atom. The molecule has 0 aliphatic heterocycles. The van der Waals surface area contributed by atoms with Crippen LogP contribution in [0, 0.1) is 0 Å². The number of rotatable bonds is 9. The zero-order valence-corrected chi connectivity index (χ0v) is 18.6. The molecule has 0 heterocycles. The summed E-state index contributed by atoms with van der Waals surface area (Å²) in [5.74, 6) is 0.587. The molecule has 2 aromatic rings. The lowest BCUT2D eigenvalue weighted by atomic mass is 10.1. The van der Waals surface area contributed by atoms with Crippen LogP contribution in [0.2, 0.25) is 10.0 Å². The minimum atomic E-state index is -0.367. The Morgan fingerprint density at radius 3 is 2.53 bits per heavy atom. The molecule has 0 spiro atoms. The van der Waals surface area contributed by atoms with Gasteiger partial charge >= 0.3 is 0 Å². The van der Waals surface area contributed by atoms with E-state index in [9.17, 15) is 9.59 Å². The summed E-state index contributed by atoms with van der Waals surface area (Å²) < 4.78 is 10.5. The van der Waals surface area contributed by atoms with Crippen LogP contribution in [0.3, 0.4) is 0 Å². The number of benzene rings is 2. The summed E-state index contributed by atoms with van der Waals surface area (Å²) in [6.07, 6.45) is 3.75. The number of halogens is 2. The molecule has 2 amide bonds. The highest BCUT2D eigenvalue weighted by Crippen LogP contribution is 2.26. The lowest BCUT2D eigenvalue weighted by Crippen LogP contribution is -2.37. The molecule has 0 saturated heterocycles. The smallest absolute Gasteiger partial charge is 0.247 e. The van der Waals surface area contributed by atoms with Gasteiger partial charge in [-0.25, -0.2) is 0 Å². The molecule has 0 aliphatic carbocycles. The van der Waals surface area contributed by atoms with Gasteiger partial charge in [-0.1, -0.05) is 30.1 Å². The van der Waals surface area contributed by atoms with E-state index in [1.807, 2.05) is 6.92 Å². The van der Waals surface area contributed by atoms with Crippen molar-refractivity contribution < 1.29 is 19.1 Å². The van der Waals surface area contributed by atoms with Gasteiger partial charge in [-0.15, -0.1) is 0 Å². The number of hydrogen-bond acceptors (Lipinski definition) is 4. The summed E-state index contributed by atoms with van der Waals surface area (Å²) in [6.45, 7) is 2.24. The van der Waals surface area contributed by atoms with Crippen LogP contribution in [0.4, 0.5) is 5.69 Å². The van der Waals surface area contributed by atoms with E-state index in [4.69, 9.17) is 32.7 Å². The van der Waals surface area contributed by atoms with E-state index in [2.05, 4.69) is 5.32 Å². The summed E-state index contributed by atoms with van der Waals surface area (Å²) in [6, 6.07) is 10.1. The highest BCUT2D eigenvalue weighted by atomic mass is 35.5. The number of nitrogens with zero attached hydrogens (tertiary/aromatic N) is 1. The van der Waals surface area contributed by atoms with Gasteiger partial charge in [-0.2, -0.15) is 0 Å². The second-order valence-corrected chi connectivity index (χ2v) is 7.22. The van der Waals surface area contributed by atoms with Crippen LogP contribution in [0.15, 0.2) is 42.5 Å². The van der Waals surface area contributed by atoms with Crippen molar-refractivity contribution in [3.05, 3.63) is 58.1 Å². The molecule has 8 heteroatoms. The third kappa shape index (κ3) is 6.68. The first-order valence-corrected chi connectivity index (χ1v) is 10.1. The Morgan fingerprint density at radius 2 is 1.87 bits per heavy atom. The Labute approximate surface area is 186 Å². The molecule has 0 unspecified atom stereocenters. The molecule has 0 aliphatic rings. The molecule has 2 rings (SSSR count). The van der Waals surface area contributed by atoms with Gasteiger partial charge in [0.05, 0.1) is 24.9 Å². The van der Waals surface area contributed by atoms with E-state index in [-0.39, 0.29) is 18.4 Å². The molecule has 0 bridgehead atoms. The number of nitrogens with one attached hydrogen (secondary N) is 1. The normalized spacial score (nSPS) is 10.7. The van der Waals surface area contributed by atoms with Crippen molar-refractivity contribution in [2.24, 2.45) is 0 Å². The van der Waals surface area contributed by atoms with Gasteiger partial charge in [0.25, 0.3) is 0 Å². The lowest BCUT2D eigenvalue weighted by Gasteiger charge is -2.20. The van der Waals surface area contributed by atoms with Crippen LogP contribution in [0.25, 0.3) is 6.08 Å². The highest BCUT2D eigenvalue weighted by Gasteiger charge is 2.16. The third-order valence-electron chi connectivity index (χ3n) is 4.18. The number of anilines is 1. The average molecular weight is 451 g/mol. The second kappa shape index (κ2) is 11.5. The Kier molecular flexibility index (Phi) is 9.02. The number of amides is 2. The summed E-state index contributed by atoms with van der Waals surface area (Å²) in [7, 11) is 3.11. The van der Waals surface area contributed by atoms with E-state index in [1.54, 1.807) is 56.7 Å². The highest BCUT2D eigenvalue weighted by molar-refractivity contribution is 6.35. The number of carbonyl (C=O) groups excluding carboxylic acids is 2. The molecule has 2 aromatic carbocycles. The largest absolute Gasteiger partial charge is 0.497 e. The van der Waals surface area contributed by atoms with Gasteiger partial charge in [0.15, 0.2) is 0 Å². The van der Waals surface area contributed by atoms with Gasteiger partial charge < -0.3 is 19.7 Å². The number of carbonyl (C=O) groups is 2. The maximum Gasteiger partial charge on any atom is 0.247 e. The topological polar surface area (TPSA) is 67.9 Å². The van der Waals surface area contributed by atoms with Crippen molar-refractivity contribution in [1.29, 1.82) is 0 Å². The Bertz CT molecular complexity index is 931. The van der Waals surface area contributed by atoms with Gasteiger partial charge in [-0.3, -0.25) is 9.59 Å². The SMILES string of the molecule is CCCN(CC(=O)Nc1cc(Cl)ccc1Cl)C(=O)C=Cc1cc(OC)ccc1OC. The average Bonchev–Trinajstić information content (AvgIpc) is 2.74. The van der Waals surface area contributed by atoms with Gasteiger partial charge in [0.2, 0.25) is 11.8 Å². The van der Waals surface area contributed by atoms with Gasteiger partial charge in [0.1, 0.15) is 18.0 Å². The fourth-order valence-corrected chi connectivity index (χ4v) is 3.07. The predicted molar refractivity (Wildman–Crippen MR) is 121 cm³/mol. The predicted octanol–water partition coefficient (Wildman–Crippen LogP) is 4.90. The standard InChI is InChI=1S/C22H24Cl2N2O4/c1-4-11-26(14-21(27)25-19-13-16(23)6-8-18(19)24)22(28)10-5-15-12-17(29-2)7-9-20(15)30-3/h5-10,12-13H,4,11,14H2,1-3H3,(H,25,27). The molecule has 0 fully saturated rings. The monoisotopic (exact) mass is 450 g/mol. The van der Waals surface area contributed by atoms with Crippen LogP contribution in [0.1, 0.15) is 18.9 Å².